The number of hydrogen-bond acceptors (Lipinski definition) is 2. The molecule has 0 aromatic heterocycles. The van der Waals surface area contributed by atoms with Gasteiger partial charge in [0, 0.05) is 5.54 Å². The standard InChI is InChI=1S/C14H25NO/c1-14(2,3)15-11-13(16)12-9-7-5-4-6-8-10-12/h9,15H,4-8,10-11H2,1-3H3. The van der Waals surface area contributed by atoms with Gasteiger partial charge in [-0.25, -0.2) is 0 Å². The first-order valence-corrected chi connectivity index (χ1v) is 6.46. The molecule has 0 amide bonds. The van der Waals surface area contributed by atoms with Crippen molar-refractivity contribution in [1.82, 2.24) is 5.32 Å². The molecule has 1 rings (SSSR count). The molecule has 1 N–H and O–H groups in total. The van der Waals surface area contributed by atoms with Gasteiger partial charge >= 0.3 is 0 Å². The van der Waals surface area contributed by atoms with Crippen molar-refractivity contribution in [3.8, 4) is 0 Å². The maximum Gasteiger partial charge on any atom is 0.172 e. The topological polar surface area (TPSA) is 29.1 Å². The highest BCUT2D eigenvalue weighted by atomic mass is 16.1. The Kier molecular flexibility index (Phi) is 5.20. The lowest BCUT2D eigenvalue weighted by Crippen LogP contribution is -2.39. The van der Waals surface area contributed by atoms with Crippen LogP contribution >= 0.6 is 0 Å². The second-order valence-electron chi connectivity index (χ2n) is 5.71. The highest BCUT2D eigenvalue weighted by Crippen LogP contribution is 2.17. The van der Waals surface area contributed by atoms with Gasteiger partial charge in [-0.2, -0.15) is 0 Å². The third-order valence-corrected chi connectivity index (χ3v) is 2.93. The van der Waals surface area contributed by atoms with Crippen molar-refractivity contribution in [3.63, 3.8) is 0 Å². The van der Waals surface area contributed by atoms with Gasteiger partial charge in [0.2, 0.25) is 0 Å². The van der Waals surface area contributed by atoms with Crippen LogP contribution in [-0.2, 0) is 4.79 Å². The summed E-state index contributed by atoms with van der Waals surface area (Å²) in [5.74, 6) is 0.289. The van der Waals surface area contributed by atoms with Crippen LogP contribution in [0.3, 0.4) is 0 Å². The van der Waals surface area contributed by atoms with E-state index in [1.165, 1.54) is 25.7 Å². The van der Waals surface area contributed by atoms with Crippen LogP contribution in [0.4, 0.5) is 0 Å². The molecule has 0 bridgehead atoms. The zero-order valence-electron chi connectivity index (χ0n) is 10.9. The molecule has 0 aromatic rings. The highest BCUT2D eigenvalue weighted by Gasteiger charge is 2.14. The van der Waals surface area contributed by atoms with E-state index in [9.17, 15) is 4.79 Å². The van der Waals surface area contributed by atoms with Gasteiger partial charge < -0.3 is 5.32 Å². The molecule has 2 heteroatoms. The van der Waals surface area contributed by atoms with Crippen molar-refractivity contribution < 1.29 is 4.79 Å². The fourth-order valence-corrected chi connectivity index (χ4v) is 1.90. The molecule has 92 valence electrons. The lowest BCUT2D eigenvalue weighted by Gasteiger charge is -2.20. The lowest BCUT2D eigenvalue weighted by molar-refractivity contribution is -0.115. The van der Waals surface area contributed by atoms with Crippen molar-refractivity contribution in [3.05, 3.63) is 11.6 Å². The number of hydrogen-bond donors (Lipinski definition) is 1. The summed E-state index contributed by atoms with van der Waals surface area (Å²) >= 11 is 0. The lowest BCUT2D eigenvalue weighted by atomic mass is 9.97. The smallest absolute Gasteiger partial charge is 0.172 e. The molecule has 0 spiro atoms. The van der Waals surface area contributed by atoms with Crippen molar-refractivity contribution in [2.75, 3.05) is 6.54 Å². The van der Waals surface area contributed by atoms with E-state index in [-0.39, 0.29) is 11.3 Å². The monoisotopic (exact) mass is 223 g/mol. The molecule has 0 atom stereocenters. The van der Waals surface area contributed by atoms with Crippen LogP contribution in [0.25, 0.3) is 0 Å². The predicted octanol–water partition coefficient (Wildman–Crippen LogP) is 3.22. The van der Waals surface area contributed by atoms with Gasteiger partial charge in [-0.15, -0.1) is 0 Å². The van der Waals surface area contributed by atoms with E-state index < -0.39 is 0 Å². The molecular weight excluding hydrogens is 198 g/mol. The molecule has 0 unspecified atom stereocenters. The number of rotatable bonds is 3. The highest BCUT2D eigenvalue weighted by molar-refractivity contribution is 5.96. The number of Topliss-reactive ketones (excluding diaryl/α,β-unsaturated/α-hetero) is 1. The van der Waals surface area contributed by atoms with Crippen molar-refractivity contribution >= 4 is 5.78 Å². The number of carbonyl (C=O) groups excluding carboxylic acids is 1. The number of nitrogens with one attached hydrogen (secondary N) is 1. The summed E-state index contributed by atoms with van der Waals surface area (Å²) < 4.78 is 0. The predicted molar refractivity (Wildman–Crippen MR) is 68.5 cm³/mol. The van der Waals surface area contributed by atoms with Crippen LogP contribution in [0.2, 0.25) is 0 Å². The van der Waals surface area contributed by atoms with Gasteiger partial charge in [-0.1, -0.05) is 18.9 Å². The first kappa shape index (κ1) is 13.4. The Bertz CT molecular complexity index is 260. The SMILES string of the molecule is CC(C)(C)NCC(=O)C1=CCCCCCC1. The molecule has 0 saturated carbocycles. The zero-order chi connectivity index (χ0) is 12.0. The van der Waals surface area contributed by atoms with Gasteiger partial charge in [0.15, 0.2) is 5.78 Å². The van der Waals surface area contributed by atoms with Gasteiger partial charge in [0.1, 0.15) is 0 Å². The summed E-state index contributed by atoms with van der Waals surface area (Å²) in [4.78, 5) is 12.0. The maximum absolute atomic E-state index is 12.0. The first-order valence-electron chi connectivity index (χ1n) is 6.46. The average molecular weight is 223 g/mol. The Hall–Kier alpha value is -0.630. The molecule has 0 aromatic carbocycles. The van der Waals surface area contributed by atoms with Crippen molar-refractivity contribution in [2.24, 2.45) is 0 Å². The van der Waals surface area contributed by atoms with E-state index in [1.54, 1.807) is 0 Å². The molecule has 0 fully saturated rings. The van der Waals surface area contributed by atoms with Crippen molar-refractivity contribution in [1.29, 1.82) is 0 Å². The molecule has 0 aliphatic heterocycles. The Balaban J connectivity index is 2.45. The van der Waals surface area contributed by atoms with Crippen LogP contribution in [0.5, 0.6) is 0 Å². The molecule has 2 nitrogen and oxygen atoms in total. The normalized spacial score (nSPS) is 18.6. The summed E-state index contributed by atoms with van der Waals surface area (Å²) in [6.45, 7) is 6.75. The zero-order valence-corrected chi connectivity index (χ0v) is 10.9. The number of ketones is 1. The minimum absolute atomic E-state index is 0.0256. The van der Waals surface area contributed by atoms with E-state index in [0.29, 0.717) is 6.54 Å². The number of allylic oxidation sites excluding steroid dienone is 1. The fraction of sp³-hybridized carbons (Fsp3) is 0.786. The Morgan fingerprint density at radius 3 is 2.62 bits per heavy atom. The third kappa shape index (κ3) is 5.45. The molecule has 0 heterocycles. The van der Waals surface area contributed by atoms with Crippen LogP contribution in [0.15, 0.2) is 11.6 Å². The van der Waals surface area contributed by atoms with Gasteiger partial charge in [-0.3, -0.25) is 4.79 Å². The summed E-state index contributed by atoms with van der Waals surface area (Å²) in [6.07, 6.45) is 9.22. The minimum Gasteiger partial charge on any atom is -0.305 e. The average Bonchev–Trinajstić information content (AvgIpc) is 2.12. The minimum atomic E-state index is 0.0256. The van der Waals surface area contributed by atoms with E-state index in [0.717, 1.165) is 18.4 Å². The van der Waals surface area contributed by atoms with E-state index >= 15 is 0 Å². The van der Waals surface area contributed by atoms with Crippen LogP contribution in [0, 0.1) is 0 Å². The van der Waals surface area contributed by atoms with E-state index in [4.69, 9.17) is 0 Å². The van der Waals surface area contributed by atoms with Gasteiger partial charge in [-0.05, 0) is 52.0 Å². The largest absolute Gasteiger partial charge is 0.305 e. The molecule has 16 heavy (non-hydrogen) atoms. The maximum atomic E-state index is 12.0. The van der Waals surface area contributed by atoms with Gasteiger partial charge in [0.25, 0.3) is 0 Å². The van der Waals surface area contributed by atoms with Crippen LogP contribution < -0.4 is 5.32 Å². The molecular formula is C14H25NO. The Morgan fingerprint density at radius 2 is 1.94 bits per heavy atom. The van der Waals surface area contributed by atoms with Crippen LogP contribution in [0.1, 0.15) is 59.3 Å². The molecule has 1 aliphatic carbocycles. The summed E-state index contributed by atoms with van der Waals surface area (Å²) in [7, 11) is 0. The Morgan fingerprint density at radius 1 is 1.25 bits per heavy atom. The quantitative estimate of drug-likeness (QED) is 0.796. The van der Waals surface area contributed by atoms with Crippen LogP contribution in [-0.4, -0.2) is 17.9 Å². The second-order valence-corrected chi connectivity index (χ2v) is 5.71. The second kappa shape index (κ2) is 6.19. The number of carbonyl (C=O) groups is 1. The Labute approximate surface area is 99.5 Å². The summed E-state index contributed by atoms with van der Waals surface area (Å²) in [5.41, 5.74) is 1.08. The third-order valence-electron chi connectivity index (χ3n) is 2.93. The van der Waals surface area contributed by atoms with E-state index in [1.807, 2.05) is 0 Å². The summed E-state index contributed by atoms with van der Waals surface area (Å²) in [6, 6.07) is 0. The summed E-state index contributed by atoms with van der Waals surface area (Å²) in [5, 5.41) is 3.26. The van der Waals surface area contributed by atoms with E-state index in [2.05, 4.69) is 32.2 Å². The molecule has 1 aliphatic rings. The van der Waals surface area contributed by atoms with Gasteiger partial charge in [0.05, 0.1) is 6.54 Å². The van der Waals surface area contributed by atoms with Crippen molar-refractivity contribution in [2.45, 2.75) is 64.8 Å². The first-order chi connectivity index (χ1) is 7.49. The fourth-order valence-electron chi connectivity index (χ4n) is 1.90. The molecule has 0 radical (unpaired) electrons. The molecule has 0 saturated heterocycles.